The summed E-state index contributed by atoms with van der Waals surface area (Å²) in [4.78, 5) is 2.66. The second kappa shape index (κ2) is 6.07. The third kappa shape index (κ3) is 3.56. The van der Waals surface area contributed by atoms with Gasteiger partial charge in [-0.2, -0.15) is 0 Å². The number of hydrogen-bond acceptors (Lipinski definition) is 2. The average Bonchev–Trinajstić information content (AvgIpc) is 3.32. The normalized spacial score (nSPS) is 19.9. The Labute approximate surface area is 131 Å². The van der Waals surface area contributed by atoms with Crippen LogP contribution in [0, 0.1) is 11.8 Å². The standard InChI is InChI=1S/C17H25BrN2/c1-12(19-2)16-8-7-15(18)9-17(16)20(10-13-3-4-13)11-14-5-6-14/h7-9,12-14,19H,3-6,10-11H2,1-2H3. The SMILES string of the molecule is CNC(C)c1ccc(Br)cc1N(CC1CC1)CC1CC1. The van der Waals surface area contributed by atoms with Crippen LogP contribution in [0.25, 0.3) is 0 Å². The highest BCUT2D eigenvalue weighted by molar-refractivity contribution is 9.10. The van der Waals surface area contributed by atoms with Crippen LogP contribution in [-0.4, -0.2) is 20.1 Å². The molecule has 20 heavy (non-hydrogen) atoms. The summed E-state index contributed by atoms with van der Waals surface area (Å²) in [5.74, 6) is 1.87. The van der Waals surface area contributed by atoms with Crippen LogP contribution >= 0.6 is 15.9 Å². The minimum atomic E-state index is 0.402. The third-order valence-electron chi connectivity index (χ3n) is 4.58. The van der Waals surface area contributed by atoms with Gasteiger partial charge in [0, 0.05) is 29.3 Å². The van der Waals surface area contributed by atoms with Crippen molar-refractivity contribution in [3.05, 3.63) is 28.2 Å². The molecule has 0 amide bonds. The summed E-state index contributed by atoms with van der Waals surface area (Å²) in [6.07, 6.45) is 5.69. The zero-order valence-electron chi connectivity index (χ0n) is 12.5. The fourth-order valence-electron chi connectivity index (χ4n) is 2.81. The molecule has 1 unspecified atom stereocenters. The monoisotopic (exact) mass is 336 g/mol. The molecule has 3 rings (SSSR count). The zero-order valence-corrected chi connectivity index (χ0v) is 14.1. The predicted molar refractivity (Wildman–Crippen MR) is 89.3 cm³/mol. The molecule has 0 saturated heterocycles. The fourth-order valence-corrected chi connectivity index (χ4v) is 3.16. The van der Waals surface area contributed by atoms with E-state index in [-0.39, 0.29) is 0 Å². The summed E-state index contributed by atoms with van der Waals surface area (Å²) in [5, 5.41) is 3.39. The van der Waals surface area contributed by atoms with Gasteiger partial charge < -0.3 is 10.2 Å². The molecule has 2 nitrogen and oxygen atoms in total. The first-order valence-corrected chi connectivity index (χ1v) is 8.68. The number of nitrogens with zero attached hydrogens (tertiary/aromatic N) is 1. The summed E-state index contributed by atoms with van der Waals surface area (Å²) < 4.78 is 1.19. The summed E-state index contributed by atoms with van der Waals surface area (Å²) in [6, 6.07) is 7.15. The van der Waals surface area contributed by atoms with E-state index in [4.69, 9.17) is 0 Å². The summed E-state index contributed by atoms with van der Waals surface area (Å²) in [5.41, 5.74) is 2.86. The molecular formula is C17H25BrN2. The molecule has 1 aromatic carbocycles. The smallest absolute Gasteiger partial charge is 0.0426 e. The Kier molecular flexibility index (Phi) is 4.37. The van der Waals surface area contributed by atoms with Gasteiger partial charge in [0.2, 0.25) is 0 Å². The van der Waals surface area contributed by atoms with Gasteiger partial charge in [0.1, 0.15) is 0 Å². The van der Waals surface area contributed by atoms with Gasteiger partial charge >= 0.3 is 0 Å². The fraction of sp³-hybridized carbons (Fsp3) is 0.647. The lowest BCUT2D eigenvalue weighted by Crippen LogP contribution is -2.30. The van der Waals surface area contributed by atoms with E-state index < -0.39 is 0 Å². The van der Waals surface area contributed by atoms with E-state index in [1.807, 2.05) is 7.05 Å². The van der Waals surface area contributed by atoms with Crippen molar-refractivity contribution >= 4 is 21.6 Å². The molecule has 2 aliphatic rings. The Bertz CT molecular complexity index is 452. The maximum absolute atomic E-state index is 3.65. The van der Waals surface area contributed by atoms with E-state index in [0.29, 0.717) is 6.04 Å². The highest BCUT2D eigenvalue weighted by Gasteiger charge is 2.30. The van der Waals surface area contributed by atoms with Crippen molar-refractivity contribution in [3.8, 4) is 0 Å². The quantitative estimate of drug-likeness (QED) is 0.795. The number of hydrogen-bond donors (Lipinski definition) is 1. The van der Waals surface area contributed by atoms with Crippen LogP contribution in [0.5, 0.6) is 0 Å². The second-order valence-electron chi connectivity index (χ2n) is 6.51. The lowest BCUT2D eigenvalue weighted by molar-refractivity contribution is 0.633. The van der Waals surface area contributed by atoms with Crippen molar-refractivity contribution < 1.29 is 0 Å². The second-order valence-corrected chi connectivity index (χ2v) is 7.42. The Balaban J connectivity index is 1.87. The number of nitrogens with one attached hydrogen (secondary N) is 1. The van der Waals surface area contributed by atoms with Gasteiger partial charge in [-0.1, -0.05) is 22.0 Å². The van der Waals surface area contributed by atoms with E-state index in [1.165, 1.54) is 54.5 Å². The first-order chi connectivity index (χ1) is 9.67. The molecule has 0 aliphatic heterocycles. The van der Waals surface area contributed by atoms with E-state index in [2.05, 4.69) is 51.3 Å². The highest BCUT2D eigenvalue weighted by atomic mass is 79.9. The molecular weight excluding hydrogens is 312 g/mol. The van der Waals surface area contributed by atoms with Crippen molar-refractivity contribution in [1.29, 1.82) is 0 Å². The molecule has 1 aromatic rings. The molecule has 1 N–H and O–H groups in total. The molecule has 0 aromatic heterocycles. The van der Waals surface area contributed by atoms with Crippen LogP contribution in [0.2, 0.25) is 0 Å². The number of benzene rings is 1. The van der Waals surface area contributed by atoms with Gasteiger partial charge in [-0.3, -0.25) is 0 Å². The van der Waals surface area contributed by atoms with E-state index >= 15 is 0 Å². The van der Waals surface area contributed by atoms with E-state index in [9.17, 15) is 0 Å². The van der Waals surface area contributed by atoms with Crippen molar-refractivity contribution in [3.63, 3.8) is 0 Å². The molecule has 0 bridgehead atoms. The highest BCUT2D eigenvalue weighted by Crippen LogP contribution is 2.38. The maximum atomic E-state index is 3.65. The Morgan fingerprint density at radius 1 is 1.20 bits per heavy atom. The molecule has 0 spiro atoms. The first-order valence-electron chi connectivity index (χ1n) is 7.89. The predicted octanol–water partition coefficient (Wildman–Crippen LogP) is 4.36. The number of anilines is 1. The Morgan fingerprint density at radius 2 is 1.80 bits per heavy atom. The molecule has 2 aliphatic carbocycles. The van der Waals surface area contributed by atoms with Gasteiger partial charge in [-0.05, 0) is 69.2 Å². The molecule has 1 atom stereocenters. The summed E-state index contributed by atoms with van der Waals surface area (Å²) >= 11 is 3.65. The number of rotatable bonds is 7. The topological polar surface area (TPSA) is 15.3 Å². The van der Waals surface area contributed by atoms with E-state index in [0.717, 1.165) is 11.8 Å². The zero-order chi connectivity index (χ0) is 14.1. The van der Waals surface area contributed by atoms with Crippen molar-refractivity contribution in [2.75, 3.05) is 25.0 Å². The van der Waals surface area contributed by atoms with Gasteiger partial charge in [0.05, 0.1) is 0 Å². The summed E-state index contributed by atoms with van der Waals surface area (Å²) in [7, 11) is 2.04. The molecule has 3 heteroatoms. The maximum Gasteiger partial charge on any atom is 0.0426 e. The molecule has 0 radical (unpaired) electrons. The minimum absolute atomic E-state index is 0.402. The number of halogens is 1. The van der Waals surface area contributed by atoms with Gasteiger partial charge in [0.15, 0.2) is 0 Å². The first kappa shape index (κ1) is 14.4. The van der Waals surface area contributed by atoms with Crippen LogP contribution in [0.15, 0.2) is 22.7 Å². The summed E-state index contributed by atoms with van der Waals surface area (Å²) in [6.45, 7) is 4.74. The lowest BCUT2D eigenvalue weighted by atomic mass is 10.0. The average molecular weight is 337 g/mol. The van der Waals surface area contributed by atoms with Gasteiger partial charge in [0.25, 0.3) is 0 Å². The van der Waals surface area contributed by atoms with Crippen LogP contribution in [0.4, 0.5) is 5.69 Å². The lowest BCUT2D eigenvalue weighted by Gasteiger charge is -2.29. The van der Waals surface area contributed by atoms with Crippen molar-refractivity contribution in [1.82, 2.24) is 5.32 Å². The Hall–Kier alpha value is -0.540. The van der Waals surface area contributed by atoms with Gasteiger partial charge in [-0.15, -0.1) is 0 Å². The van der Waals surface area contributed by atoms with Crippen LogP contribution in [-0.2, 0) is 0 Å². The van der Waals surface area contributed by atoms with Crippen LogP contribution < -0.4 is 10.2 Å². The van der Waals surface area contributed by atoms with Crippen LogP contribution in [0.3, 0.4) is 0 Å². The molecule has 110 valence electrons. The van der Waals surface area contributed by atoms with E-state index in [1.54, 1.807) is 0 Å². The van der Waals surface area contributed by atoms with Crippen molar-refractivity contribution in [2.45, 2.75) is 38.6 Å². The van der Waals surface area contributed by atoms with Crippen molar-refractivity contribution in [2.24, 2.45) is 11.8 Å². The van der Waals surface area contributed by atoms with Gasteiger partial charge in [-0.25, -0.2) is 0 Å². The largest absolute Gasteiger partial charge is 0.371 e. The molecule has 0 heterocycles. The Morgan fingerprint density at radius 3 is 2.30 bits per heavy atom. The molecule has 2 fully saturated rings. The molecule has 2 saturated carbocycles. The van der Waals surface area contributed by atoms with Crippen LogP contribution in [0.1, 0.15) is 44.2 Å². The third-order valence-corrected chi connectivity index (χ3v) is 5.08. The minimum Gasteiger partial charge on any atom is -0.371 e.